The van der Waals surface area contributed by atoms with Crippen LogP contribution in [0.25, 0.3) is 11.3 Å². The van der Waals surface area contributed by atoms with Gasteiger partial charge in [-0.05, 0) is 38.6 Å². The largest absolute Gasteiger partial charge is 0.492 e. The van der Waals surface area contributed by atoms with Gasteiger partial charge in [0.05, 0.1) is 5.69 Å². The van der Waals surface area contributed by atoms with Crippen molar-refractivity contribution in [2.45, 2.75) is 45.1 Å². The van der Waals surface area contributed by atoms with Gasteiger partial charge >= 0.3 is 6.03 Å². The van der Waals surface area contributed by atoms with Crippen LogP contribution in [0.1, 0.15) is 39.0 Å². The molecular weight excluding hydrogens is 352 g/mol. The molecule has 0 unspecified atom stereocenters. The van der Waals surface area contributed by atoms with Gasteiger partial charge in [-0.3, -0.25) is 4.57 Å². The van der Waals surface area contributed by atoms with Crippen LogP contribution in [0, 0.1) is 0 Å². The highest BCUT2D eigenvalue weighted by molar-refractivity contribution is 5.78. The van der Waals surface area contributed by atoms with E-state index in [4.69, 9.17) is 4.74 Å². The van der Waals surface area contributed by atoms with E-state index < -0.39 is 0 Å². The molecule has 1 fully saturated rings. The average molecular weight is 385 g/mol. The molecule has 0 saturated heterocycles. The van der Waals surface area contributed by atoms with Crippen molar-refractivity contribution in [3.8, 4) is 17.0 Å². The van der Waals surface area contributed by atoms with Crippen molar-refractivity contribution in [2.75, 3.05) is 33.8 Å². The first-order valence-electron chi connectivity index (χ1n) is 10.3. The van der Waals surface area contributed by atoms with E-state index in [1.54, 1.807) is 10.9 Å². The average Bonchev–Trinajstić information content (AvgIpc) is 3.23. The Morgan fingerprint density at radius 3 is 2.79 bits per heavy atom. The number of likely N-dealkylation sites (N-methyl/N-ethyl adjacent to an activating group) is 1. The maximum atomic E-state index is 12.8. The van der Waals surface area contributed by atoms with Gasteiger partial charge < -0.3 is 14.5 Å². The summed E-state index contributed by atoms with van der Waals surface area (Å²) in [5, 5.41) is 0. The lowest BCUT2D eigenvalue weighted by atomic mass is 9.95. The fourth-order valence-electron chi connectivity index (χ4n) is 3.61. The van der Waals surface area contributed by atoms with Crippen molar-refractivity contribution in [2.24, 2.45) is 0 Å². The third-order valence-electron chi connectivity index (χ3n) is 5.64. The lowest BCUT2D eigenvalue weighted by Crippen LogP contribution is -2.40. The lowest BCUT2D eigenvalue weighted by Gasteiger charge is -2.31. The number of ether oxygens (including phenoxy) is 1. The minimum atomic E-state index is -0.0133. The molecule has 1 aliphatic carbocycles. The summed E-state index contributed by atoms with van der Waals surface area (Å²) in [5.41, 5.74) is 1.73. The molecule has 3 rings (SSSR count). The molecular formula is C22H32N4O2. The molecule has 1 heterocycles. The van der Waals surface area contributed by atoms with Gasteiger partial charge in [0.1, 0.15) is 18.7 Å². The predicted molar refractivity (Wildman–Crippen MR) is 112 cm³/mol. The van der Waals surface area contributed by atoms with Gasteiger partial charge in [-0.25, -0.2) is 9.78 Å². The first kappa shape index (κ1) is 20.4. The summed E-state index contributed by atoms with van der Waals surface area (Å²) in [4.78, 5) is 21.3. The van der Waals surface area contributed by atoms with Crippen molar-refractivity contribution in [3.63, 3.8) is 0 Å². The highest BCUT2D eigenvalue weighted by atomic mass is 16.5. The van der Waals surface area contributed by atoms with Crippen molar-refractivity contribution < 1.29 is 9.53 Å². The molecule has 0 radical (unpaired) electrons. The van der Waals surface area contributed by atoms with E-state index in [1.165, 1.54) is 19.3 Å². The van der Waals surface area contributed by atoms with E-state index in [0.29, 0.717) is 12.6 Å². The second kappa shape index (κ2) is 9.73. The number of hydrogen-bond acceptors (Lipinski definition) is 4. The molecule has 1 amide bonds. The van der Waals surface area contributed by atoms with Crippen LogP contribution in [-0.2, 0) is 0 Å². The molecule has 2 aromatic rings. The summed E-state index contributed by atoms with van der Waals surface area (Å²) in [6.07, 6.45) is 9.30. The van der Waals surface area contributed by atoms with Crippen LogP contribution in [0.5, 0.6) is 5.75 Å². The van der Waals surface area contributed by atoms with E-state index in [-0.39, 0.29) is 6.03 Å². The highest BCUT2D eigenvalue weighted by Gasteiger charge is 2.23. The number of imidazole rings is 1. The molecule has 1 aliphatic rings. The molecule has 0 N–H and O–H groups in total. The zero-order valence-electron chi connectivity index (χ0n) is 17.3. The molecule has 0 bridgehead atoms. The minimum absolute atomic E-state index is 0.0133. The monoisotopic (exact) mass is 384 g/mol. The Morgan fingerprint density at radius 2 is 2.04 bits per heavy atom. The van der Waals surface area contributed by atoms with Crippen LogP contribution in [0.4, 0.5) is 4.79 Å². The highest BCUT2D eigenvalue weighted by Crippen LogP contribution is 2.24. The number of carbonyl (C=O) groups is 1. The third-order valence-corrected chi connectivity index (χ3v) is 5.64. The SMILES string of the molecule is CCN(C)CCOc1cccc(-c2cn(C(=O)N(C)C3CCCCC3)cn2)c1. The normalized spacial score (nSPS) is 15.0. The Bertz CT molecular complexity index is 767. The van der Waals surface area contributed by atoms with Gasteiger partial charge in [0.2, 0.25) is 0 Å². The van der Waals surface area contributed by atoms with Crippen LogP contribution in [0.3, 0.4) is 0 Å². The number of amides is 1. The van der Waals surface area contributed by atoms with Gasteiger partial charge in [-0.1, -0.05) is 38.3 Å². The summed E-state index contributed by atoms with van der Waals surface area (Å²) in [6, 6.07) is 8.21. The number of benzene rings is 1. The first-order valence-corrected chi connectivity index (χ1v) is 10.3. The van der Waals surface area contributed by atoms with Crippen LogP contribution >= 0.6 is 0 Å². The minimum Gasteiger partial charge on any atom is -0.492 e. The smallest absolute Gasteiger partial charge is 0.329 e. The molecule has 0 spiro atoms. The zero-order valence-corrected chi connectivity index (χ0v) is 17.3. The number of rotatable bonds is 7. The predicted octanol–water partition coefficient (Wildman–Crippen LogP) is 4.11. The fourth-order valence-corrected chi connectivity index (χ4v) is 3.61. The summed E-state index contributed by atoms with van der Waals surface area (Å²) in [5.74, 6) is 0.821. The van der Waals surface area contributed by atoms with Crippen molar-refractivity contribution in [1.82, 2.24) is 19.4 Å². The fraction of sp³-hybridized carbons (Fsp3) is 0.545. The lowest BCUT2D eigenvalue weighted by molar-refractivity contribution is 0.175. The second-order valence-corrected chi connectivity index (χ2v) is 7.62. The van der Waals surface area contributed by atoms with Crippen molar-refractivity contribution >= 4 is 6.03 Å². The Morgan fingerprint density at radius 1 is 1.25 bits per heavy atom. The number of aromatic nitrogens is 2. The van der Waals surface area contributed by atoms with Gasteiger partial charge in [-0.15, -0.1) is 0 Å². The second-order valence-electron chi connectivity index (χ2n) is 7.62. The number of hydrogen-bond donors (Lipinski definition) is 0. The molecule has 1 aromatic carbocycles. The van der Waals surface area contributed by atoms with E-state index in [2.05, 4.69) is 23.9 Å². The number of nitrogens with zero attached hydrogens (tertiary/aromatic N) is 4. The maximum absolute atomic E-state index is 12.8. The summed E-state index contributed by atoms with van der Waals surface area (Å²) < 4.78 is 7.45. The van der Waals surface area contributed by atoms with E-state index in [0.717, 1.165) is 42.9 Å². The van der Waals surface area contributed by atoms with Crippen LogP contribution in [-0.4, -0.2) is 65.2 Å². The molecule has 0 atom stereocenters. The summed E-state index contributed by atoms with van der Waals surface area (Å²) in [7, 11) is 3.98. The van der Waals surface area contributed by atoms with Crippen LogP contribution in [0.2, 0.25) is 0 Å². The molecule has 1 saturated carbocycles. The van der Waals surface area contributed by atoms with E-state index in [9.17, 15) is 4.79 Å². The zero-order chi connectivity index (χ0) is 19.9. The standard InChI is InChI=1S/C22H32N4O2/c1-4-24(2)13-14-28-20-12-8-9-18(15-20)21-16-26(17-23-21)22(27)25(3)19-10-6-5-7-11-19/h8-9,12,15-17,19H,4-7,10-11,13-14H2,1-3H3. The first-order chi connectivity index (χ1) is 13.6. The third kappa shape index (κ3) is 5.13. The maximum Gasteiger partial charge on any atom is 0.329 e. The quantitative estimate of drug-likeness (QED) is 0.721. The molecule has 0 aliphatic heterocycles. The van der Waals surface area contributed by atoms with Gasteiger partial charge in [0.15, 0.2) is 0 Å². The van der Waals surface area contributed by atoms with Crippen LogP contribution in [0.15, 0.2) is 36.8 Å². The molecule has 28 heavy (non-hydrogen) atoms. The molecule has 6 heteroatoms. The summed E-state index contributed by atoms with van der Waals surface area (Å²) >= 11 is 0. The van der Waals surface area contributed by atoms with Crippen molar-refractivity contribution in [1.29, 1.82) is 0 Å². The van der Waals surface area contributed by atoms with E-state index >= 15 is 0 Å². The Kier molecular flexibility index (Phi) is 7.09. The van der Waals surface area contributed by atoms with Gasteiger partial charge in [-0.2, -0.15) is 0 Å². The topological polar surface area (TPSA) is 50.6 Å². The Labute approximate surface area is 168 Å². The Hall–Kier alpha value is -2.34. The van der Waals surface area contributed by atoms with Crippen molar-refractivity contribution in [3.05, 3.63) is 36.8 Å². The summed E-state index contributed by atoms with van der Waals surface area (Å²) in [6.45, 7) is 4.67. The molecule has 1 aromatic heterocycles. The van der Waals surface area contributed by atoms with Gasteiger partial charge in [0, 0.05) is 31.4 Å². The van der Waals surface area contributed by atoms with Crippen LogP contribution < -0.4 is 4.74 Å². The molecule has 6 nitrogen and oxygen atoms in total. The van der Waals surface area contributed by atoms with E-state index in [1.807, 2.05) is 42.4 Å². The van der Waals surface area contributed by atoms with Gasteiger partial charge in [0.25, 0.3) is 0 Å². The Balaban J connectivity index is 1.64. The number of carbonyl (C=O) groups excluding carboxylic acids is 1. The molecule has 152 valence electrons.